The Labute approximate surface area is 215 Å². The van der Waals surface area contributed by atoms with Gasteiger partial charge in [0.05, 0.1) is 56.4 Å². The van der Waals surface area contributed by atoms with Crippen molar-refractivity contribution in [3.63, 3.8) is 0 Å². The van der Waals surface area contributed by atoms with Crippen molar-refractivity contribution in [1.82, 2.24) is 19.9 Å². The summed E-state index contributed by atoms with van der Waals surface area (Å²) in [5.74, 6) is 1.98. The molecule has 2 N–H and O–H groups in total. The molecule has 3 atom stereocenters. The van der Waals surface area contributed by atoms with E-state index in [9.17, 15) is 4.79 Å². The smallest absolute Gasteiger partial charge is 0.323 e. The number of rotatable bonds is 5. The summed E-state index contributed by atoms with van der Waals surface area (Å²) < 4.78 is 11.4. The molecule has 2 amide bonds. The molecule has 37 heavy (non-hydrogen) atoms. The van der Waals surface area contributed by atoms with Crippen LogP contribution in [-0.2, 0) is 9.47 Å². The minimum absolute atomic E-state index is 0.170. The molecule has 0 aliphatic carbocycles. The highest BCUT2D eigenvalue weighted by Gasteiger charge is 2.39. The van der Waals surface area contributed by atoms with Gasteiger partial charge in [-0.25, -0.2) is 4.79 Å². The van der Waals surface area contributed by atoms with E-state index in [1.807, 2.05) is 24.3 Å². The SMILES string of the molecule is CC1COCCN1c1nc(-c2ccc(NC(=O)Nc3cccnc3)cc2)nc(N2C3CCC2COC3)n1. The van der Waals surface area contributed by atoms with Crippen LogP contribution >= 0.6 is 0 Å². The molecule has 3 aliphatic rings. The summed E-state index contributed by atoms with van der Waals surface area (Å²) in [6.07, 6.45) is 5.41. The van der Waals surface area contributed by atoms with E-state index in [-0.39, 0.29) is 24.2 Å². The van der Waals surface area contributed by atoms with Crippen LogP contribution in [0.1, 0.15) is 19.8 Å². The molecule has 3 unspecified atom stereocenters. The van der Waals surface area contributed by atoms with Crippen LogP contribution in [0, 0.1) is 0 Å². The summed E-state index contributed by atoms with van der Waals surface area (Å²) >= 11 is 0. The number of nitrogens with zero attached hydrogens (tertiary/aromatic N) is 6. The summed E-state index contributed by atoms with van der Waals surface area (Å²) in [6, 6.07) is 11.5. The number of anilines is 4. The van der Waals surface area contributed by atoms with Gasteiger partial charge in [0.2, 0.25) is 11.9 Å². The Morgan fingerprint density at radius 3 is 2.41 bits per heavy atom. The molecule has 0 radical (unpaired) electrons. The lowest BCUT2D eigenvalue weighted by atomic mass is 10.2. The van der Waals surface area contributed by atoms with E-state index in [0.717, 1.165) is 24.9 Å². The van der Waals surface area contributed by atoms with Crippen LogP contribution in [-0.4, -0.2) is 77.1 Å². The molecule has 1 aromatic carbocycles. The van der Waals surface area contributed by atoms with Gasteiger partial charge < -0.3 is 29.9 Å². The minimum Gasteiger partial charge on any atom is -0.377 e. The predicted octanol–water partition coefficient (Wildman–Crippen LogP) is 3.17. The van der Waals surface area contributed by atoms with Crippen molar-refractivity contribution in [2.45, 2.75) is 37.9 Å². The van der Waals surface area contributed by atoms with Gasteiger partial charge in [0, 0.05) is 24.0 Å². The van der Waals surface area contributed by atoms with Crippen molar-refractivity contribution in [2.75, 3.05) is 53.4 Å². The maximum atomic E-state index is 12.4. The Balaban J connectivity index is 1.27. The van der Waals surface area contributed by atoms with E-state index in [4.69, 9.17) is 24.4 Å². The van der Waals surface area contributed by atoms with Gasteiger partial charge in [-0.15, -0.1) is 0 Å². The maximum Gasteiger partial charge on any atom is 0.323 e. The predicted molar refractivity (Wildman–Crippen MR) is 140 cm³/mol. The fourth-order valence-corrected chi connectivity index (χ4v) is 5.14. The molecular formula is C26H30N8O3. The Morgan fingerprint density at radius 1 is 0.919 bits per heavy atom. The molecule has 2 bridgehead atoms. The zero-order valence-corrected chi connectivity index (χ0v) is 20.7. The number of morpholine rings is 2. The van der Waals surface area contributed by atoms with Gasteiger partial charge in [-0.2, -0.15) is 15.0 Å². The fourth-order valence-electron chi connectivity index (χ4n) is 5.14. The minimum atomic E-state index is -0.338. The van der Waals surface area contributed by atoms with Gasteiger partial charge in [0.15, 0.2) is 5.82 Å². The Morgan fingerprint density at radius 2 is 1.68 bits per heavy atom. The third-order valence-corrected chi connectivity index (χ3v) is 7.03. The van der Waals surface area contributed by atoms with Crippen molar-refractivity contribution < 1.29 is 14.3 Å². The lowest BCUT2D eigenvalue weighted by molar-refractivity contribution is 0.0895. The molecule has 6 rings (SSSR count). The molecule has 3 aliphatic heterocycles. The van der Waals surface area contributed by atoms with Gasteiger partial charge in [0.25, 0.3) is 0 Å². The third-order valence-electron chi connectivity index (χ3n) is 7.03. The molecule has 0 spiro atoms. The highest BCUT2D eigenvalue weighted by atomic mass is 16.5. The maximum absolute atomic E-state index is 12.4. The standard InChI is InChI=1S/C26H30N8O3/c1-17-14-36-12-11-33(17)24-30-23(31-25(32-24)34-21-8-9-22(34)16-37-15-21)18-4-6-19(7-5-18)28-26(35)29-20-3-2-10-27-13-20/h2-7,10,13,17,21-22H,8-9,11-12,14-16H2,1H3,(H2,28,29,35). The van der Waals surface area contributed by atoms with E-state index < -0.39 is 0 Å². The number of urea groups is 1. The molecule has 2 aromatic heterocycles. The second-order valence-electron chi connectivity index (χ2n) is 9.60. The van der Waals surface area contributed by atoms with Gasteiger partial charge in [-0.1, -0.05) is 0 Å². The van der Waals surface area contributed by atoms with E-state index in [0.29, 0.717) is 55.5 Å². The highest BCUT2D eigenvalue weighted by molar-refractivity contribution is 5.99. The van der Waals surface area contributed by atoms with Crippen LogP contribution in [0.2, 0.25) is 0 Å². The van der Waals surface area contributed by atoms with Crippen molar-refractivity contribution in [3.8, 4) is 11.4 Å². The van der Waals surface area contributed by atoms with Crippen LogP contribution in [0.15, 0.2) is 48.8 Å². The number of amides is 2. The average molecular weight is 503 g/mol. The number of carbonyl (C=O) groups is 1. The average Bonchev–Trinajstić information content (AvgIpc) is 3.17. The Bertz CT molecular complexity index is 1230. The van der Waals surface area contributed by atoms with E-state index in [1.165, 1.54) is 0 Å². The molecule has 11 nitrogen and oxygen atoms in total. The fraction of sp³-hybridized carbons (Fsp3) is 0.423. The second kappa shape index (κ2) is 10.3. The van der Waals surface area contributed by atoms with E-state index in [2.05, 4.69) is 32.3 Å². The van der Waals surface area contributed by atoms with Crippen molar-refractivity contribution >= 4 is 29.3 Å². The van der Waals surface area contributed by atoms with E-state index in [1.54, 1.807) is 24.5 Å². The lowest BCUT2D eigenvalue weighted by Crippen LogP contribution is -2.48. The van der Waals surface area contributed by atoms with Crippen molar-refractivity contribution in [1.29, 1.82) is 0 Å². The lowest BCUT2D eigenvalue weighted by Gasteiger charge is -2.36. The summed E-state index contributed by atoms with van der Waals surface area (Å²) in [5.41, 5.74) is 2.13. The first-order valence-electron chi connectivity index (χ1n) is 12.7. The van der Waals surface area contributed by atoms with E-state index >= 15 is 0 Å². The number of aromatic nitrogens is 4. The molecule has 192 valence electrons. The number of nitrogens with one attached hydrogen (secondary N) is 2. The molecular weight excluding hydrogens is 472 g/mol. The number of pyridine rings is 1. The van der Waals surface area contributed by atoms with Crippen LogP contribution in [0.3, 0.4) is 0 Å². The van der Waals surface area contributed by atoms with Crippen LogP contribution < -0.4 is 20.4 Å². The first kappa shape index (κ1) is 23.6. The number of ether oxygens (including phenoxy) is 2. The normalized spacial score (nSPS) is 23.1. The largest absolute Gasteiger partial charge is 0.377 e. The van der Waals surface area contributed by atoms with Gasteiger partial charge in [0.1, 0.15) is 0 Å². The topological polar surface area (TPSA) is 118 Å². The first-order chi connectivity index (χ1) is 18.1. The zero-order valence-electron chi connectivity index (χ0n) is 20.7. The molecule has 3 fully saturated rings. The molecule has 5 heterocycles. The number of hydrogen-bond acceptors (Lipinski definition) is 9. The van der Waals surface area contributed by atoms with Gasteiger partial charge in [-0.05, 0) is 56.2 Å². The number of benzene rings is 1. The number of hydrogen-bond donors (Lipinski definition) is 2. The second-order valence-corrected chi connectivity index (χ2v) is 9.60. The number of fused-ring (bicyclic) bond motifs is 2. The summed E-state index contributed by atoms with van der Waals surface area (Å²) in [4.78, 5) is 35.6. The van der Waals surface area contributed by atoms with Crippen LogP contribution in [0.5, 0.6) is 0 Å². The zero-order chi connectivity index (χ0) is 25.2. The number of carbonyl (C=O) groups excluding carboxylic acids is 1. The summed E-state index contributed by atoms with van der Waals surface area (Å²) in [5, 5.41) is 5.61. The van der Waals surface area contributed by atoms with Gasteiger partial charge in [-0.3, -0.25) is 4.98 Å². The highest BCUT2D eigenvalue weighted by Crippen LogP contribution is 2.34. The van der Waals surface area contributed by atoms with Gasteiger partial charge >= 0.3 is 6.03 Å². The summed E-state index contributed by atoms with van der Waals surface area (Å²) in [6.45, 7) is 5.53. The van der Waals surface area contributed by atoms with Crippen LogP contribution in [0.4, 0.5) is 28.1 Å². The monoisotopic (exact) mass is 502 g/mol. The van der Waals surface area contributed by atoms with Crippen LogP contribution in [0.25, 0.3) is 11.4 Å². The molecule has 0 saturated carbocycles. The van der Waals surface area contributed by atoms with Crippen molar-refractivity contribution in [2.24, 2.45) is 0 Å². The third kappa shape index (κ3) is 5.05. The quantitative estimate of drug-likeness (QED) is 0.542. The Kier molecular flexibility index (Phi) is 6.54. The summed E-state index contributed by atoms with van der Waals surface area (Å²) in [7, 11) is 0. The first-order valence-corrected chi connectivity index (χ1v) is 12.7. The molecule has 3 saturated heterocycles. The Hall–Kier alpha value is -3.83. The molecule has 3 aromatic rings. The van der Waals surface area contributed by atoms with Crippen molar-refractivity contribution in [3.05, 3.63) is 48.8 Å². The molecule has 11 heteroatoms.